The lowest BCUT2D eigenvalue weighted by molar-refractivity contribution is 1.10. The van der Waals surface area contributed by atoms with Crippen molar-refractivity contribution in [1.29, 1.82) is 0 Å². The molecule has 25 heavy (non-hydrogen) atoms. The average Bonchev–Trinajstić information content (AvgIpc) is 2.98. The van der Waals surface area contributed by atoms with Crippen LogP contribution in [0.1, 0.15) is 5.56 Å². The summed E-state index contributed by atoms with van der Waals surface area (Å²) in [7, 11) is 0. The molecule has 122 valence electrons. The van der Waals surface area contributed by atoms with Crippen molar-refractivity contribution in [2.75, 3.05) is 0 Å². The predicted molar refractivity (Wildman–Crippen MR) is 101 cm³/mol. The van der Waals surface area contributed by atoms with Crippen molar-refractivity contribution in [2.24, 2.45) is 10.2 Å². The largest absolute Gasteiger partial charge is 0.283 e. The van der Waals surface area contributed by atoms with Crippen LogP contribution in [-0.4, -0.2) is 9.38 Å². The molecule has 0 saturated heterocycles. The Hall–Kier alpha value is -2.98. The monoisotopic (exact) mass is 346 g/mol. The average molecular weight is 347 g/mol. The number of hydrogen-bond donors (Lipinski definition) is 0. The smallest absolute Gasteiger partial charge is 0.187 e. The molecular weight excluding hydrogens is 332 g/mol. The number of aromatic nitrogens is 2. The van der Waals surface area contributed by atoms with E-state index in [1.165, 1.54) is 0 Å². The summed E-state index contributed by atoms with van der Waals surface area (Å²) in [5, 5.41) is 9.46. The van der Waals surface area contributed by atoms with Crippen molar-refractivity contribution in [3.8, 4) is 11.3 Å². The van der Waals surface area contributed by atoms with Gasteiger partial charge in [0, 0.05) is 16.8 Å². The zero-order valence-corrected chi connectivity index (χ0v) is 14.4. The molecule has 0 aliphatic heterocycles. The molecule has 2 aromatic carbocycles. The Balaban J connectivity index is 1.88. The molecule has 0 fully saturated rings. The van der Waals surface area contributed by atoms with E-state index < -0.39 is 0 Å². The summed E-state index contributed by atoms with van der Waals surface area (Å²) in [5.74, 6) is 0.696. The second-order valence-electron chi connectivity index (χ2n) is 5.76. The van der Waals surface area contributed by atoms with Gasteiger partial charge in [0.05, 0.1) is 5.69 Å². The molecule has 0 N–H and O–H groups in total. The molecule has 0 spiro atoms. The molecule has 4 aromatic rings. The third-order valence-electron chi connectivity index (χ3n) is 3.87. The van der Waals surface area contributed by atoms with Gasteiger partial charge >= 0.3 is 0 Å². The van der Waals surface area contributed by atoms with Crippen molar-refractivity contribution in [2.45, 2.75) is 6.92 Å². The van der Waals surface area contributed by atoms with E-state index in [2.05, 4.69) is 10.2 Å². The Morgan fingerprint density at radius 3 is 2.56 bits per heavy atom. The van der Waals surface area contributed by atoms with Gasteiger partial charge in [-0.15, -0.1) is 10.2 Å². The zero-order valence-electron chi connectivity index (χ0n) is 13.6. The van der Waals surface area contributed by atoms with Crippen LogP contribution in [0.5, 0.6) is 0 Å². The molecule has 0 aliphatic carbocycles. The van der Waals surface area contributed by atoms with Gasteiger partial charge in [0.2, 0.25) is 0 Å². The first-order chi connectivity index (χ1) is 12.2. The lowest BCUT2D eigenvalue weighted by Crippen LogP contribution is -1.84. The highest BCUT2D eigenvalue weighted by atomic mass is 35.5. The van der Waals surface area contributed by atoms with Crippen LogP contribution in [0.25, 0.3) is 16.9 Å². The lowest BCUT2D eigenvalue weighted by Gasteiger charge is -2.00. The van der Waals surface area contributed by atoms with E-state index in [-0.39, 0.29) is 0 Å². The number of halogens is 1. The summed E-state index contributed by atoms with van der Waals surface area (Å²) in [6, 6.07) is 21.4. The van der Waals surface area contributed by atoms with Crippen molar-refractivity contribution in [3.63, 3.8) is 0 Å². The molecule has 0 saturated carbocycles. The van der Waals surface area contributed by atoms with Crippen molar-refractivity contribution < 1.29 is 0 Å². The molecule has 4 nitrogen and oxygen atoms in total. The maximum absolute atomic E-state index is 6.03. The molecule has 0 amide bonds. The molecule has 0 bridgehead atoms. The molecule has 0 radical (unpaired) electrons. The van der Waals surface area contributed by atoms with Crippen LogP contribution in [0.3, 0.4) is 0 Å². The van der Waals surface area contributed by atoms with Gasteiger partial charge in [-0.25, -0.2) is 4.98 Å². The summed E-state index contributed by atoms with van der Waals surface area (Å²) >= 11 is 6.03. The van der Waals surface area contributed by atoms with Gasteiger partial charge in [0.25, 0.3) is 0 Å². The van der Waals surface area contributed by atoms with Gasteiger partial charge in [0.1, 0.15) is 11.3 Å². The molecule has 0 unspecified atom stereocenters. The predicted octanol–water partition coefficient (Wildman–Crippen LogP) is 6.38. The minimum Gasteiger partial charge on any atom is -0.283 e. The number of azo groups is 1. The molecule has 0 aliphatic rings. The zero-order chi connectivity index (χ0) is 17.2. The van der Waals surface area contributed by atoms with E-state index in [0.717, 1.165) is 22.5 Å². The maximum Gasteiger partial charge on any atom is 0.187 e. The molecule has 2 aromatic heterocycles. The minimum absolute atomic E-state index is 0.633. The van der Waals surface area contributed by atoms with Gasteiger partial charge in [-0.2, -0.15) is 0 Å². The fraction of sp³-hybridized carbons (Fsp3) is 0.0500. The van der Waals surface area contributed by atoms with Crippen LogP contribution < -0.4 is 0 Å². The van der Waals surface area contributed by atoms with Crippen LogP contribution in [0.4, 0.5) is 11.5 Å². The summed E-state index contributed by atoms with van der Waals surface area (Å²) < 4.78 is 1.95. The number of fused-ring (bicyclic) bond motifs is 1. The van der Waals surface area contributed by atoms with Gasteiger partial charge in [0.15, 0.2) is 5.82 Å². The summed E-state index contributed by atoms with van der Waals surface area (Å²) in [4.78, 5) is 4.76. The highest BCUT2D eigenvalue weighted by molar-refractivity contribution is 6.30. The van der Waals surface area contributed by atoms with Crippen molar-refractivity contribution >= 4 is 28.8 Å². The number of aryl methyl sites for hydroxylation is 1. The number of benzene rings is 2. The number of nitrogens with zero attached hydrogens (tertiary/aromatic N) is 4. The highest BCUT2D eigenvalue weighted by Gasteiger charge is 2.13. The normalized spacial score (nSPS) is 11.4. The number of pyridine rings is 1. The van der Waals surface area contributed by atoms with E-state index in [1.54, 1.807) is 6.07 Å². The van der Waals surface area contributed by atoms with Crippen molar-refractivity contribution in [3.05, 3.63) is 83.5 Å². The van der Waals surface area contributed by atoms with Gasteiger partial charge in [-0.3, -0.25) is 4.40 Å². The molecule has 0 atom stereocenters. The lowest BCUT2D eigenvalue weighted by atomic mass is 10.1. The molecule has 5 heteroatoms. The highest BCUT2D eigenvalue weighted by Crippen LogP contribution is 2.32. The topological polar surface area (TPSA) is 42.0 Å². The third-order valence-corrected chi connectivity index (χ3v) is 4.11. The first-order valence-corrected chi connectivity index (χ1v) is 8.30. The number of hydrogen-bond acceptors (Lipinski definition) is 3. The van der Waals surface area contributed by atoms with Gasteiger partial charge < -0.3 is 0 Å². The first-order valence-electron chi connectivity index (χ1n) is 7.92. The summed E-state index contributed by atoms with van der Waals surface area (Å²) in [5.41, 5.74) is 4.50. The quantitative estimate of drug-likeness (QED) is 0.397. The Bertz CT molecular complexity index is 1070. The SMILES string of the molecule is Cc1ccn2c(N=Nc3cccc(Cl)c3)c(-c3ccccc3)nc2c1. The molecule has 2 heterocycles. The van der Waals surface area contributed by atoms with Crippen LogP contribution in [0, 0.1) is 6.92 Å². The fourth-order valence-corrected chi connectivity index (χ4v) is 2.85. The van der Waals surface area contributed by atoms with E-state index >= 15 is 0 Å². The Kier molecular flexibility index (Phi) is 4.04. The molecular formula is C20H15ClN4. The minimum atomic E-state index is 0.633. The standard InChI is InChI=1S/C20H15ClN4/c1-14-10-11-25-18(12-14)22-19(15-6-3-2-4-7-15)20(25)24-23-17-9-5-8-16(21)13-17/h2-13H,1H3. The maximum atomic E-state index is 6.03. The van der Waals surface area contributed by atoms with Crippen LogP contribution >= 0.6 is 11.6 Å². The van der Waals surface area contributed by atoms with E-state index in [4.69, 9.17) is 16.6 Å². The number of rotatable bonds is 3. The Morgan fingerprint density at radius 1 is 0.920 bits per heavy atom. The van der Waals surface area contributed by atoms with Gasteiger partial charge in [-0.1, -0.05) is 48.0 Å². The van der Waals surface area contributed by atoms with Crippen LogP contribution in [-0.2, 0) is 0 Å². The third kappa shape index (κ3) is 3.16. The molecule has 4 rings (SSSR count). The fourth-order valence-electron chi connectivity index (χ4n) is 2.66. The number of imidazole rings is 1. The summed E-state index contributed by atoms with van der Waals surface area (Å²) in [6.07, 6.45) is 1.97. The van der Waals surface area contributed by atoms with Crippen molar-refractivity contribution in [1.82, 2.24) is 9.38 Å². The summed E-state index contributed by atoms with van der Waals surface area (Å²) in [6.45, 7) is 2.05. The van der Waals surface area contributed by atoms with Crippen LogP contribution in [0.15, 0.2) is 83.2 Å². The van der Waals surface area contributed by atoms with Crippen LogP contribution in [0.2, 0.25) is 5.02 Å². The first kappa shape index (κ1) is 15.5. The Morgan fingerprint density at radius 2 is 1.76 bits per heavy atom. The second-order valence-corrected chi connectivity index (χ2v) is 6.20. The second kappa shape index (κ2) is 6.49. The van der Waals surface area contributed by atoms with E-state index in [9.17, 15) is 0 Å². The van der Waals surface area contributed by atoms with E-state index in [1.807, 2.05) is 78.2 Å². The van der Waals surface area contributed by atoms with E-state index in [0.29, 0.717) is 16.5 Å². The van der Waals surface area contributed by atoms with Gasteiger partial charge in [-0.05, 0) is 42.8 Å². The Labute approximate surface area is 150 Å².